The fourth-order valence-corrected chi connectivity index (χ4v) is 12.9. The van der Waals surface area contributed by atoms with Crippen molar-refractivity contribution in [3.63, 3.8) is 0 Å². The summed E-state index contributed by atoms with van der Waals surface area (Å²) < 4.78 is 0. The first-order chi connectivity index (χ1) is 27.3. The van der Waals surface area contributed by atoms with E-state index < -0.39 is 5.97 Å². The minimum Gasteiger partial charge on any atom is -0.478 e. The van der Waals surface area contributed by atoms with Crippen molar-refractivity contribution in [3.05, 3.63) is 54.1 Å². The number of nitrogens with one attached hydrogen (secondary N) is 2. The molecule has 7 rings (SSSR count). The Morgan fingerprint density at radius 3 is 2.12 bits per heavy atom. The zero-order valence-electron chi connectivity index (χ0n) is 36.2. The largest absolute Gasteiger partial charge is 0.478 e. The molecule has 312 valence electrons. The predicted octanol–water partition coefficient (Wildman–Crippen LogP) is 9.36. The smallest absolute Gasteiger partial charge is 0.335 e. The molecular formula is C50H73N3O4. The molecule has 8 atom stereocenters. The van der Waals surface area contributed by atoms with Gasteiger partial charge in [0.05, 0.1) is 17.5 Å². The van der Waals surface area contributed by atoms with Gasteiger partial charge in [0.1, 0.15) is 0 Å². The Bertz CT molecular complexity index is 1590. The second-order valence-corrected chi connectivity index (χ2v) is 17.4. The standard InChI is InChI=1S/C39H55N3O4.C3H6.C2H6.3C2H2/c1-36(2)28(25-7-9-26(10-8-25)34(44)45)13-17-38(4)31(36)15-18-37(3)29-14-19-39(16-5-6-30(39)27(29)11-12-32(37)38)35(46)41-21-23-42-22-20-40-33(43)24-42;1-3-2;4*1-2/h7-10,13,27,29-32H,5-6,11-12,14-24H2,1-4H3,(H,40,43)(H,41,46)(H,44,45);3H,1H2,2H3;1-2H3;3*1-2H/t27-,29?,30?,31?,32?,37-,38-,39-;;;;;/m0...../s1. The Labute approximate surface area is 346 Å². The molecule has 4 saturated carbocycles. The summed E-state index contributed by atoms with van der Waals surface area (Å²) in [4.78, 5) is 39.4. The molecule has 3 N–H and O–H groups in total. The number of nitrogens with zero attached hydrogens (tertiary/aromatic N) is 1. The molecule has 0 aromatic heterocycles. The van der Waals surface area contributed by atoms with Crippen molar-refractivity contribution >= 4 is 23.4 Å². The van der Waals surface area contributed by atoms with Crippen molar-refractivity contribution in [1.82, 2.24) is 15.5 Å². The fraction of sp³-hybridized carbons (Fsp3) is 0.620. The van der Waals surface area contributed by atoms with Crippen molar-refractivity contribution in [1.29, 1.82) is 0 Å². The minimum absolute atomic E-state index is 0.0131. The summed E-state index contributed by atoms with van der Waals surface area (Å²) in [6.45, 7) is 22.7. The van der Waals surface area contributed by atoms with E-state index in [2.05, 4.69) is 94.4 Å². The van der Waals surface area contributed by atoms with E-state index in [-0.39, 0.29) is 22.2 Å². The van der Waals surface area contributed by atoms with Gasteiger partial charge in [-0.2, -0.15) is 0 Å². The molecule has 57 heavy (non-hydrogen) atoms. The van der Waals surface area contributed by atoms with Crippen molar-refractivity contribution in [2.75, 3.05) is 32.7 Å². The molecule has 4 unspecified atom stereocenters. The lowest BCUT2D eigenvalue weighted by atomic mass is 9.36. The van der Waals surface area contributed by atoms with Gasteiger partial charge in [-0.05, 0) is 134 Å². The van der Waals surface area contributed by atoms with Crippen LogP contribution in [0.1, 0.15) is 129 Å². The third kappa shape index (κ3) is 9.56. The third-order valence-corrected chi connectivity index (χ3v) is 14.8. The second-order valence-electron chi connectivity index (χ2n) is 17.4. The van der Waals surface area contributed by atoms with Gasteiger partial charge in [-0.1, -0.05) is 72.2 Å². The molecule has 6 aliphatic rings. The van der Waals surface area contributed by atoms with Crippen LogP contribution >= 0.6 is 0 Å². The summed E-state index contributed by atoms with van der Waals surface area (Å²) in [5, 5.41) is 15.7. The number of fused-ring (bicyclic) bond motifs is 7. The van der Waals surface area contributed by atoms with Crippen LogP contribution in [0.2, 0.25) is 0 Å². The average molecular weight is 780 g/mol. The zero-order chi connectivity index (χ0) is 43.2. The molecule has 0 spiro atoms. The van der Waals surface area contributed by atoms with E-state index in [1.54, 1.807) is 18.2 Å². The maximum absolute atomic E-state index is 14.0. The highest BCUT2D eigenvalue weighted by Crippen LogP contribution is 2.73. The molecule has 1 heterocycles. The van der Waals surface area contributed by atoms with Gasteiger partial charge in [-0.3, -0.25) is 14.5 Å². The van der Waals surface area contributed by atoms with Crippen molar-refractivity contribution < 1.29 is 19.5 Å². The SMILES string of the molecule is C#C.C#C.C#C.C=CC.CC.CC1(C)C(c2ccc(C(=O)O)cc2)=CC[C@@]2(C)C1CC[C@@]1(C)C3CC[C@@]4(C(=O)NCCN5CCNC(=O)C5)CCCC4[C@H]3CCC12. The van der Waals surface area contributed by atoms with Crippen LogP contribution < -0.4 is 10.6 Å². The highest BCUT2D eigenvalue weighted by molar-refractivity contribution is 5.88. The molecule has 1 aliphatic heterocycles. The topological polar surface area (TPSA) is 98.7 Å². The predicted molar refractivity (Wildman–Crippen MR) is 237 cm³/mol. The first-order valence-corrected chi connectivity index (χ1v) is 21.2. The van der Waals surface area contributed by atoms with Crippen LogP contribution in [0.4, 0.5) is 0 Å². The van der Waals surface area contributed by atoms with E-state index in [1.807, 2.05) is 32.9 Å². The molecule has 0 bridgehead atoms. The van der Waals surface area contributed by atoms with Crippen LogP contribution in [-0.4, -0.2) is 60.5 Å². The Hall–Kier alpha value is -4.25. The van der Waals surface area contributed by atoms with Crippen LogP contribution in [0, 0.1) is 89.8 Å². The van der Waals surface area contributed by atoms with Gasteiger partial charge in [-0.25, -0.2) is 4.79 Å². The first kappa shape index (κ1) is 48.9. The van der Waals surface area contributed by atoms with Crippen LogP contribution in [-0.2, 0) is 9.59 Å². The molecule has 0 radical (unpaired) electrons. The lowest BCUT2D eigenvalue weighted by Gasteiger charge is -2.68. The summed E-state index contributed by atoms with van der Waals surface area (Å²) >= 11 is 0. The number of carboxylic acids is 1. The highest BCUT2D eigenvalue weighted by Gasteiger charge is 2.66. The van der Waals surface area contributed by atoms with Crippen LogP contribution in [0.15, 0.2) is 43.0 Å². The first-order valence-electron chi connectivity index (χ1n) is 21.2. The number of aromatic carboxylic acids is 1. The number of piperazine rings is 1. The fourth-order valence-electron chi connectivity index (χ4n) is 12.9. The summed E-state index contributed by atoms with van der Waals surface area (Å²) in [6.07, 6.45) is 40.0. The van der Waals surface area contributed by atoms with E-state index in [0.717, 1.165) is 32.4 Å². The number of terminal acetylenes is 3. The summed E-state index contributed by atoms with van der Waals surface area (Å²) in [5.74, 6) is 2.59. The second kappa shape index (κ2) is 21.5. The van der Waals surface area contributed by atoms with Crippen molar-refractivity contribution in [2.45, 2.75) is 113 Å². The van der Waals surface area contributed by atoms with E-state index in [1.165, 1.54) is 56.1 Å². The monoisotopic (exact) mass is 780 g/mol. The maximum Gasteiger partial charge on any atom is 0.335 e. The van der Waals surface area contributed by atoms with Crippen LogP contribution in [0.25, 0.3) is 5.57 Å². The molecular weight excluding hydrogens is 707 g/mol. The normalized spacial score (nSPS) is 32.7. The quantitative estimate of drug-likeness (QED) is 0.198. The van der Waals surface area contributed by atoms with Crippen LogP contribution in [0.3, 0.4) is 0 Å². The van der Waals surface area contributed by atoms with E-state index in [9.17, 15) is 19.5 Å². The van der Waals surface area contributed by atoms with Crippen molar-refractivity contribution in [2.24, 2.45) is 51.2 Å². The number of carbonyl (C=O) groups excluding carboxylic acids is 2. The third-order valence-electron chi connectivity index (χ3n) is 14.8. The van der Waals surface area contributed by atoms with Crippen LogP contribution in [0.5, 0.6) is 0 Å². The van der Waals surface area contributed by atoms with Gasteiger partial charge in [0.2, 0.25) is 11.8 Å². The zero-order valence-corrected chi connectivity index (χ0v) is 36.2. The maximum atomic E-state index is 14.0. The number of rotatable bonds is 6. The molecule has 1 aromatic rings. The van der Waals surface area contributed by atoms with Gasteiger partial charge >= 0.3 is 5.97 Å². The number of amides is 2. The summed E-state index contributed by atoms with van der Waals surface area (Å²) in [5.41, 5.74) is 3.24. The average Bonchev–Trinajstić information content (AvgIpc) is 3.67. The number of carboxylic acid groups (broad SMARTS) is 1. The number of hydrogen-bond donors (Lipinski definition) is 3. The molecule has 5 fully saturated rings. The van der Waals surface area contributed by atoms with Gasteiger partial charge in [0, 0.05) is 26.2 Å². The highest BCUT2D eigenvalue weighted by atomic mass is 16.4. The Balaban J connectivity index is 0.000000935. The molecule has 1 aromatic carbocycles. The molecule has 7 heteroatoms. The molecule has 7 nitrogen and oxygen atoms in total. The number of allylic oxidation sites excluding steroid dienone is 3. The number of hydrogen-bond acceptors (Lipinski definition) is 4. The lowest BCUT2D eigenvalue weighted by molar-refractivity contribution is -0.181. The number of carbonyl (C=O) groups is 3. The molecule has 2 amide bonds. The van der Waals surface area contributed by atoms with E-state index in [0.29, 0.717) is 66.1 Å². The molecule has 5 aliphatic carbocycles. The van der Waals surface area contributed by atoms with Gasteiger partial charge in [0.25, 0.3) is 0 Å². The van der Waals surface area contributed by atoms with Gasteiger partial charge in [0.15, 0.2) is 0 Å². The number of benzene rings is 1. The Morgan fingerprint density at radius 1 is 0.895 bits per heavy atom. The lowest BCUT2D eigenvalue weighted by Crippen LogP contribution is -2.62. The van der Waals surface area contributed by atoms with Gasteiger partial charge < -0.3 is 15.7 Å². The van der Waals surface area contributed by atoms with Gasteiger partial charge in [-0.15, -0.1) is 45.1 Å². The molecule has 1 saturated heterocycles. The summed E-state index contributed by atoms with van der Waals surface area (Å²) in [6, 6.07) is 7.52. The minimum atomic E-state index is -0.874. The Morgan fingerprint density at radius 2 is 1.53 bits per heavy atom. The van der Waals surface area contributed by atoms with E-state index >= 15 is 0 Å². The van der Waals surface area contributed by atoms with Crippen molar-refractivity contribution in [3.8, 4) is 38.5 Å². The Kier molecular flexibility index (Phi) is 18.4. The summed E-state index contributed by atoms with van der Waals surface area (Å²) in [7, 11) is 0. The van der Waals surface area contributed by atoms with E-state index in [4.69, 9.17) is 0 Å².